The third-order valence-electron chi connectivity index (χ3n) is 4.22. The van der Waals surface area contributed by atoms with Crippen molar-refractivity contribution in [3.05, 3.63) is 54.1 Å². The Morgan fingerprint density at radius 2 is 1.60 bits per heavy atom. The quantitative estimate of drug-likeness (QED) is 0.526. The van der Waals surface area contributed by atoms with E-state index in [4.69, 9.17) is 17.0 Å². The van der Waals surface area contributed by atoms with Crippen LogP contribution < -0.4 is 20.7 Å². The zero-order chi connectivity index (χ0) is 22.1. The fraction of sp³-hybridized carbons (Fsp3) is 0.348. The molecular formula is C23H29N3O3S. The summed E-state index contributed by atoms with van der Waals surface area (Å²) in [6.07, 6.45) is 0.977. The predicted molar refractivity (Wildman–Crippen MR) is 125 cm³/mol. The van der Waals surface area contributed by atoms with E-state index in [0.717, 1.165) is 12.2 Å². The standard InChI is InChI=1S/C23H29N3O3S/c1-15(2)12-13-29-20-10-8-17(9-11-20)22(28)26-23(30)25-19-7-5-6-18(14-19)24-21(27)16(3)4/h5-11,14-16H,12-13H2,1-4H3,(H,24,27)(H2,25,26,28,30). The van der Waals surface area contributed by atoms with Gasteiger partial charge in [-0.25, -0.2) is 0 Å². The van der Waals surface area contributed by atoms with Gasteiger partial charge in [-0.15, -0.1) is 0 Å². The van der Waals surface area contributed by atoms with Crippen LogP contribution in [0.2, 0.25) is 0 Å². The lowest BCUT2D eigenvalue weighted by atomic mass is 10.1. The van der Waals surface area contributed by atoms with Gasteiger partial charge in [0.05, 0.1) is 6.61 Å². The molecule has 2 rings (SSSR count). The first kappa shape index (κ1) is 23.3. The Morgan fingerprint density at radius 3 is 2.20 bits per heavy atom. The molecule has 0 spiro atoms. The zero-order valence-corrected chi connectivity index (χ0v) is 18.6. The molecule has 0 saturated carbocycles. The molecule has 2 aromatic rings. The van der Waals surface area contributed by atoms with E-state index in [1.807, 2.05) is 13.8 Å². The van der Waals surface area contributed by atoms with Gasteiger partial charge in [-0.3, -0.25) is 14.9 Å². The number of nitrogens with one attached hydrogen (secondary N) is 3. The first-order chi connectivity index (χ1) is 14.2. The molecule has 30 heavy (non-hydrogen) atoms. The summed E-state index contributed by atoms with van der Waals surface area (Å²) in [6, 6.07) is 14.1. The van der Waals surface area contributed by atoms with Crippen LogP contribution in [0.5, 0.6) is 5.75 Å². The average Bonchev–Trinajstić information content (AvgIpc) is 2.68. The van der Waals surface area contributed by atoms with Crippen LogP contribution in [0.4, 0.5) is 11.4 Å². The molecule has 0 aromatic heterocycles. The number of amides is 2. The number of rotatable bonds is 8. The van der Waals surface area contributed by atoms with Crippen molar-refractivity contribution >= 4 is 40.5 Å². The van der Waals surface area contributed by atoms with Crippen LogP contribution in [-0.2, 0) is 4.79 Å². The minimum atomic E-state index is -0.314. The van der Waals surface area contributed by atoms with Crippen molar-refractivity contribution in [2.75, 3.05) is 17.2 Å². The van der Waals surface area contributed by atoms with E-state index in [0.29, 0.717) is 29.5 Å². The predicted octanol–water partition coefficient (Wildman–Crippen LogP) is 4.83. The van der Waals surface area contributed by atoms with E-state index in [1.54, 1.807) is 48.5 Å². The van der Waals surface area contributed by atoms with Crippen molar-refractivity contribution in [1.29, 1.82) is 0 Å². The van der Waals surface area contributed by atoms with E-state index >= 15 is 0 Å². The Labute approximate surface area is 183 Å². The maximum atomic E-state index is 12.4. The SMILES string of the molecule is CC(C)CCOc1ccc(C(=O)NC(=S)Nc2cccc(NC(=O)C(C)C)c2)cc1. The van der Waals surface area contributed by atoms with Gasteiger partial charge in [0, 0.05) is 22.9 Å². The lowest BCUT2D eigenvalue weighted by Gasteiger charge is -2.12. The molecule has 0 aliphatic carbocycles. The second kappa shape index (κ2) is 11.3. The number of carbonyl (C=O) groups is 2. The second-order valence-electron chi connectivity index (χ2n) is 7.69. The summed E-state index contributed by atoms with van der Waals surface area (Å²) in [6.45, 7) is 8.59. The average molecular weight is 428 g/mol. The van der Waals surface area contributed by atoms with E-state index < -0.39 is 0 Å². The molecule has 0 bridgehead atoms. The maximum absolute atomic E-state index is 12.4. The molecule has 0 aliphatic heterocycles. The molecule has 0 atom stereocenters. The summed E-state index contributed by atoms with van der Waals surface area (Å²) in [7, 11) is 0. The molecule has 0 saturated heterocycles. The molecule has 0 heterocycles. The van der Waals surface area contributed by atoms with Crippen molar-refractivity contribution in [2.45, 2.75) is 34.1 Å². The van der Waals surface area contributed by atoms with Gasteiger partial charge >= 0.3 is 0 Å². The molecule has 2 amide bonds. The number of ether oxygens (including phenoxy) is 1. The molecule has 0 fully saturated rings. The maximum Gasteiger partial charge on any atom is 0.257 e. The summed E-state index contributed by atoms with van der Waals surface area (Å²) < 4.78 is 5.67. The number of hydrogen-bond donors (Lipinski definition) is 3. The highest BCUT2D eigenvalue weighted by atomic mass is 32.1. The van der Waals surface area contributed by atoms with E-state index in [2.05, 4.69) is 29.8 Å². The van der Waals surface area contributed by atoms with Gasteiger partial charge in [0.2, 0.25) is 5.91 Å². The highest BCUT2D eigenvalue weighted by Gasteiger charge is 2.10. The Bertz CT molecular complexity index is 880. The fourth-order valence-electron chi connectivity index (χ4n) is 2.41. The molecule has 3 N–H and O–H groups in total. The van der Waals surface area contributed by atoms with Gasteiger partial charge in [-0.1, -0.05) is 33.8 Å². The Kier molecular flexibility index (Phi) is 8.80. The third-order valence-corrected chi connectivity index (χ3v) is 4.42. The smallest absolute Gasteiger partial charge is 0.257 e. The van der Waals surface area contributed by atoms with Crippen molar-refractivity contribution in [3.63, 3.8) is 0 Å². The molecule has 0 radical (unpaired) electrons. The molecule has 0 unspecified atom stereocenters. The first-order valence-electron chi connectivity index (χ1n) is 10.0. The number of anilines is 2. The molecule has 7 heteroatoms. The molecule has 160 valence electrons. The van der Waals surface area contributed by atoms with Crippen molar-refractivity contribution in [3.8, 4) is 5.75 Å². The minimum Gasteiger partial charge on any atom is -0.494 e. The van der Waals surface area contributed by atoms with Gasteiger partial charge in [0.1, 0.15) is 5.75 Å². The van der Waals surface area contributed by atoms with Crippen molar-refractivity contribution in [1.82, 2.24) is 5.32 Å². The number of thiocarbonyl (C=S) groups is 1. The normalized spacial score (nSPS) is 10.6. The van der Waals surface area contributed by atoms with Crippen LogP contribution in [0, 0.1) is 11.8 Å². The molecule has 6 nitrogen and oxygen atoms in total. The highest BCUT2D eigenvalue weighted by Crippen LogP contribution is 2.16. The first-order valence-corrected chi connectivity index (χ1v) is 10.4. The van der Waals surface area contributed by atoms with Gasteiger partial charge in [-0.05, 0) is 67.0 Å². The van der Waals surface area contributed by atoms with Gasteiger partial charge < -0.3 is 15.4 Å². The summed E-state index contributed by atoms with van der Waals surface area (Å²) in [5.41, 5.74) is 1.80. The topological polar surface area (TPSA) is 79.5 Å². The van der Waals surface area contributed by atoms with Gasteiger partial charge in [-0.2, -0.15) is 0 Å². The molecular weight excluding hydrogens is 398 g/mol. The van der Waals surface area contributed by atoms with Crippen LogP contribution in [0.25, 0.3) is 0 Å². The highest BCUT2D eigenvalue weighted by molar-refractivity contribution is 7.80. The second-order valence-corrected chi connectivity index (χ2v) is 8.10. The Morgan fingerprint density at radius 1 is 0.967 bits per heavy atom. The molecule has 0 aliphatic rings. The van der Waals surface area contributed by atoms with E-state index in [9.17, 15) is 9.59 Å². The Balaban J connectivity index is 1.88. The summed E-state index contributed by atoms with van der Waals surface area (Å²) in [4.78, 5) is 24.2. The lowest BCUT2D eigenvalue weighted by molar-refractivity contribution is -0.118. The van der Waals surface area contributed by atoms with Crippen molar-refractivity contribution in [2.24, 2.45) is 11.8 Å². The van der Waals surface area contributed by atoms with Crippen LogP contribution in [0.15, 0.2) is 48.5 Å². The van der Waals surface area contributed by atoms with E-state index in [-0.39, 0.29) is 22.8 Å². The summed E-state index contributed by atoms with van der Waals surface area (Å²) in [5.74, 6) is 0.808. The van der Waals surface area contributed by atoms with Gasteiger partial charge in [0.25, 0.3) is 5.91 Å². The third kappa shape index (κ3) is 7.83. The largest absolute Gasteiger partial charge is 0.494 e. The number of carbonyl (C=O) groups excluding carboxylic acids is 2. The monoisotopic (exact) mass is 427 g/mol. The van der Waals surface area contributed by atoms with Crippen LogP contribution in [0.3, 0.4) is 0 Å². The minimum absolute atomic E-state index is 0.0698. The summed E-state index contributed by atoms with van der Waals surface area (Å²) in [5, 5.41) is 8.61. The van der Waals surface area contributed by atoms with E-state index in [1.165, 1.54) is 0 Å². The van der Waals surface area contributed by atoms with Gasteiger partial charge in [0.15, 0.2) is 5.11 Å². The fourth-order valence-corrected chi connectivity index (χ4v) is 2.62. The molecule has 2 aromatic carbocycles. The summed E-state index contributed by atoms with van der Waals surface area (Å²) >= 11 is 5.24. The Hall–Kier alpha value is -2.93. The van der Waals surface area contributed by atoms with Crippen LogP contribution in [0.1, 0.15) is 44.5 Å². The lowest BCUT2D eigenvalue weighted by Crippen LogP contribution is -2.34. The zero-order valence-electron chi connectivity index (χ0n) is 17.8. The van der Waals surface area contributed by atoms with Crippen LogP contribution >= 0.6 is 12.2 Å². The van der Waals surface area contributed by atoms with Crippen molar-refractivity contribution < 1.29 is 14.3 Å². The number of hydrogen-bond acceptors (Lipinski definition) is 4. The van der Waals surface area contributed by atoms with Crippen LogP contribution in [-0.4, -0.2) is 23.5 Å². The number of benzene rings is 2.